The molecule has 1 atom stereocenters. The zero-order chi connectivity index (χ0) is 20.0. The van der Waals surface area contributed by atoms with E-state index in [1.807, 2.05) is 0 Å². The Hall–Kier alpha value is -2.40. The van der Waals surface area contributed by atoms with Crippen LogP contribution in [0.2, 0.25) is 5.02 Å². The van der Waals surface area contributed by atoms with Crippen LogP contribution in [-0.4, -0.2) is 18.4 Å². The topological polar surface area (TPSA) is 58.2 Å². The molecule has 1 unspecified atom stereocenters. The Kier molecular flexibility index (Phi) is 6.97. The maximum absolute atomic E-state index is 13.2. The highest BCUT2D eigenvalue weighted by atomic mass is 35.5. The third kappa shape index (κ3) is 6.68. The predicted octanol–water partition coefficient (Wildman–Crippen LogP) is 4.50. The van der Waals surface area contributed by atoms with Gasteiger partial charge in [0, 0.05) is 0 Å². The molecule has 0 aliphatic heterocycles. The Bertz CT molecular complexity index is 801. The number of amides is 2. The first-order chi connectivity index (χ1) is 12.7. The lowest BCUT2D eigenvalue weighted by atomic mass is 9.85. The summed E-state index contributed by atoms with van der Waals surface area (Å²) < 4.78 is 13.2. The van der Waals surface area contributed by atoms with E-state index in [4.69, 9.17) is 11.6 Å². The summed E-state index contributed by atoms with van der Waals surface area (Å²) in [6, 6.07) is 12.4. The molecule has 2 N–H and O–H groups in total. The lowest BCUT2D eigenvalue weighted by Crippen LogP contribution is -2.39. The van der Waals surface area contributed by atoms with E-state index in [-0.39, 0.29) is 29.7 Å². The Morgan fingerprint density at radius 3 is 2.30 bits per heavy atom. The van der Waals surface area contributed by atoms with Crippen LogP contribution in [0.15, 0.2) is 48.5 Å². The number of carbonyl (C=O) groups is 2. The molecule has 6 heteroatoms. The Balaban J connectivity index is 2.01. The largest absolute Gasteiger partial charge is 0.348 e. The molecule has 27 heavy (non-hydrogen) atoms. The quantitative estimate of drug-likeness (QED) is 0.762. The van der Waals surface area contributed by atoms with E-state index in [0.717, 1.165) is 5.56 Å². The molecule has 0 heterocycles. The van der Waals surface area contributed by atoms with Gasteiger partial charge >= 0.3 is 0 Å². The first-order valence-electron chi connectivity index (χ1n) is 8.73. The summed E-state index contributed by atoms with van der Waals surface area (Å²) in [5.74, 6) is -1.06. The smallest absolute Gasteiger partial charge is 0.253 e. The van der Waals surface area contributed by atoms with Gasteiger partial charge in [-0.1, -0.05) is 56.6 Å². The SMILES string of the molecule is CC(C)(C)CC(NC(=O)CNC(=O)c1ccccc1Cl)c1ccc(F)cc1. The zero-order valence-corrected chi connectivity index (χ0v) is 16.4. The van der Waals surface area contributed by atoms with Gasteiger partial charge in [-0.15, -0.1) is 0 Å². The molecular formula is C21H24ClFN2O2. The molecular weight excluding hydrogens is 367 g/mol. The molecule has 0 radical (unpaired) electrons. The molecule has 2 amide bonds. The number of halogens is 2. The van der Waals surface area contributed by atoms with E-state index < -0.39 is 5.91 Å². The zero-order valence-electron chi connectivity index (χ0n) is 15.7. The second kappa shape index (κ2) is 9.00. The van der Waals surface area contributed by atoms with Crippen molar-refractivity contribution in [3.63, 3.8) is 0 Å². The molecule has 0 fully saturated rings. The van der Waals surface area contributed by atoms with Gasteiger partial charge in [0.2, 0.25) is 5.91 Å². The van der Waals surface area contributed by atoms with Gasteiger partial charge < -0.3 is 10.6 Å². The van der Waals surface area contributed by atoms with E-state index in [1.54, 1.807) is 36.4 Å². The second-order valence-corrected chi connectivity index (χ2v) is 8.01. The number of nitrogens with one attached hydrogen (secondary N) is 2. The van der Waals surface area contributed by atoms with E-state index in [9.17, 15) is 14.0 Å². The molecule has 0 aromatic heterocycles. The van der Waals surface area contributed by atoms with Crippen molar-refractivity contribution in [1.29, 1.82) is 0 Å². The normalized spacial score (nSPS) is 12.3. The maximum atomic E-state index is 13.2. The number of benzene rings is 2. The standard InChI is InChI=1S/C21H24ClFN2O2/c1-21(2,3)12-18(14-8-10-15(23)11-9-14)25-19(26)13-24-20(27)16-6-4-5-7-17(16)22/h4-11,18H,12-13H2,1-3H3,(H,24,27)(H,25,26). The summed E-state index contributed by atoms with van der Waals surface area (Å²) in [5, 5.41) is 5.82. The molecule has 0 aliphatic rings. The maximum Gasteiger partial charge on any atom is 0.253 e. The van der Waals surface area contributed by atoms with Crippen LogP contribution < -0.4 is 10.6 Å². The predicted molar refractivity (Wildman–Crippen MR) is 105 cm³/mol. The van der Waals surface area contributed by atoms with E-state index in [2.05, 4.69) is 31.4 Å². The van der Waals surface area contributed by atoms with Crippen molar-refractivity contribution in [2.45, 2.75) is 33.2 Å². The summed E-state index contributed by atoms with van der Waals surface area (Å²) in [4.78, 5) is 24.5. The van der Waals surface area contributed by atoms with Crippen molar-refractivity contribution in [3.05, 3.63) is 70.5 Å². The van der Waals surface area contributed by atoms with Crippen LogP contribution in [-0.2, 0) is 4.79 Å². The molecule has 0 aliphatic carbocycles. The first kappa shape index (κ1) is 20.9. The van der Waals surface area contributed by atoms with Crippen LogP contribution in [0.1, 0.15) is 49.2 Å². The second-order valence-electron chi connectivity index (χ2n) is 7.60. The van der Waals surface area contributed by atoms with Gasteiger partial charge in [-0.05, 0) is 41.7 Å². The van der Waals surface area contributed by atoms with Crippen LogP contribution in [0.5, 0.6) is 0 Å². The van der Waals surface area contributed by atoms with Gasteiger partial charge in [0.1, 0.15) is 5.82 Å². The number of hydrogen-bond donors (Lipinski definition) is 2. The third-order valence-corrected chi connectivity index (χ3v) is 4.28. The monoisotopic (exact) mass is 390 g/mol. The molecule has 2 rings (SSSR count). The summed E-state index contributed by atoms with van der Waals surface area (Å²) in [6.07, 6.45) is 0.669. The van der Waals surface area contributed by atoms with Crippen LogP contribution >= 0.6 is 11.6 Å². The molecule has 0 bridgehead atoms. The minimum atomic E-state index is -0.412. The Morgan fingerprint density at radius 2 is 1.70 bits per heavy atom. The summed E-state index contributed by atoms with van der Waals surface area (Å²) in [7, 11) is 0. The Morgan fingerprint density at radius 1 is 1.07 bits per heavy atom. The van der Waals surface area contributed by atoms with Crippen LogP contribution in [0.4, 0.5) is 4.39 Å². The van der Waals surface area contributed by atoms with Crippen molar-refractivity contribution in [2.75, 3.05) is 6.54 Å². The summed E-state index contributed by atoms with van der Waals surface area (Å²) >= 11 is 5.99. The van der Waals surface area contributed by atoms with Gasteiger partial charge in [0.25, 0.3) is 5.91 Å². The Labute approximate surface area is 164 Å². The highest BCUT2D eigenvalue weighted by Gasteiger charge is 2.22. The van der Waals surface area contributed by atoms with Gasteiger partial charge in [0.05, 0.1) is 23.2 Å². The fraction of sp³-hybridized carbons (Fsp3) is 0.333. The molecule has 4 nitrogen and oxygen atoms in total. The van der Waals surface area contributed by atoms with Crippen molar-refractivity contribution >= 4 is 23.4 Å². The van der Waals surface area contributed by atoms with E-state index in [0.29, 0.717) is 17.0 Å². The minimum Gasteiger partial charge on any atom is -0.348 e. The van der Waals surface area contributed by atoms with Gasteiger partial charge in [0.15, 0.2) is 0 Å². The van der Waals surface area contributed by atoms with Crippen molar-refractivity contribution in [3.8, 4) is 0 Å². The molecule has 0 saturated carbocycles. The molecule has 0 saturated heterocycles. The average Bonchev–Trinajstić information content (AvgIpc) is 2.59. The van der Waals surface area contributed by atoms with Crippen molar-refractivity contribution in [2.24, 2.45) is 5.41 Å². The summed E-state index contributed by atoms with van der Waals surface area (Å²) in [6.45, 7) is 6.02. The minimum absolute atomic E-state index is 0.0485. The van der Waals surface area contributed by atoms with Crippen molar-refractivity contribution < 1.29 is 14.0 Å². The molecule has 2 aromatic rings. The van der Waals surface area contributed by atoms with Crippen LogP contribution in [0, 0.1) is 11.2 Å². The molecule has 2 aromatic carbocycles. The van der Waals surface area contributed by atoms with E-state index >= 15 is 0 Å². The number of rotatable bonds is 6. The first-order valence-corrected chi connectivity index (χ1v) is 9.11. The fourth-order valence-corrected chi connectivity index (χ4v) is 2.93. The lowest BCUT2D eigenvalue weighted by molar-refractivity contribution is -0.121. The van der Waals surface area contributed by atoms with Crippen LogP contribution in [0.3, 0.4) is 0 Å². The van der Waals surface area contributed by atoms with Gasteiger partial charge in [-0.2, -0.15) is 0 Å². The summed E-state index contributed by atoms with van der Waals surface area (Å²) in [5.41, 5.74) is 1.08. The molecule has 144 valence electrons. The fourth-order valence-electron chi connectivity index (χ4n) is 2.71. The average molecular weight is 391 g/mol. The van der Waals surface area contributed by atoms with Gasteiger partial charge in [-0.25, -0.2) is 4.39 Å². The highest BCUT2D eigenvalue weighted by Crippen LogP contribution is 2.29. The lowest BCUT2D eigenvalue weighted by Gasteiger charge is -2.27. The van der Waals surface area contributed by atoms with E-state index in [1.165, 1.54) is 12.1 Å². The third-order valence-electron chi connectivity index (χ3n) is 3.95. The van der Waals surface area contributed by atoms with Crippen molar-refractivity contribution in [1.82, 2.24) is 10.6 Å². The number of carbonyl (C=O) groups excluding carboxylic acids is 2. The number of hydrogen-bond acceptors (Lipinski definition) is 2. The highest BCUT2D eigenvalue weighted by molar-refractivity contribution is 6.33. The molecule has 0 spiro atoms. The van der Waals surface area contributed by atoms with Crippen LogP contribution in [0.25, 0.3) is 0 Å². The van der Waals surface area contributed by atoms with Gasteiger partial charge in [-0.3, -0.25) is 9.59 Å².